The van der Waals surface area contributed by atoms with E-state index in [4.69, 9.17) is 0 Å². The average Bonchev–Trinajstić information content (AvgIpc) is 1.41. The molecule has 0 saturated heterocycles. The molecule has 28 valence electrons. The summed E-state index contributed by atoms with van der Waals surface area (Å²) in [5.74, 6) is 0. The van der Waals surface area contributed by atoms with Crippen LogP contribution in [-0.2, 0) is 0 Å². The maximum Gasteiger partial charge on any atom is 0.127 e. The Morgan fingerprint density at radius 1 is 1.20 bits per heavy atom. The van der Waals surface area contributed by atoms with E-state index >= 15 is 0 Å². The lowest BCUT2D eigenvalue weighted by Gasteiger charge is -1.82. The molecule has 0 aromatic heterocycles. The van der Waals surface area contributed by atoms with Gasteiger partial charge in [0.05, 0.1) is 0 Å². The van der Waals surface area contributed by atoms with Gasteiger partial charge in [-0.2, -0.15) is 0 Å². The van der Waals surface area contributed by atoms with Crippen molar-refractivity contribution in [2.24, 2.45) is 0 Å². The quantitative estimate of drug-likeness (QED) is 0.479. The van der Waals surface area contributed by atoms with E-state index in [-0.39, 0.29) is 0 Å². The molecule has 0 spiro atoms. The van der Waals surface area contributed by atoms with Gasteiger partial charge >= 0.3 is 0 Å². The maximum absolute atomic E-state index is 3.17. The Kier molecular flexibility index (Phi) is 4.74. The van der Waals surface area contributed by atoms with E-state index < -0.39 is 0 Å². The molecule has 1 N–H and O–H groups in total. The van der Waals surface area contributed by atoms with Crippen LogP contribution < -0.4 is 4.65 Å². The zero-order valence-electron chi connectivity index (χ0n) is 3.50. The summed E-state index contributed by atoms with van der Waals surface area (Å²) in [6, 6.07) is 0. The lowest BCUT2D eigenvalue weighted by atomic mass is 11.9. The summed E-state index contributed by atoms with van der Waals surface area (Å²) in [7, 11) is 1.84. The first-order chi connectivity index (χ1) is 2.41. The minimum atomic E-state index is 0.920. The van der Waals surface area contributed by atoms with Gasteiger partial charge < -0.3 is 4.65 Å². The van der Waals surface area contributed by atoms with Crippen LogP contribution in [-0.4, -0.2) is 19.4 Å². The molecule has 0 atom stereocenters. The molecule has 0 amide bonds. The van der Waals surface area contributed by atoms with Crippen molar-refractivity contribution >= 4 is 19.4 Å². The van der Waals surface area contributed by atoms with Crippen LogP contribution in [0.5, 0.6) is 0 Å². The van der Waals surface area contributed by atoms with Gasteiger partial charge in [-0.3, -0.25) is 0 Å². The molecule has 0 aliphatic carbocycles. The van der Waals surface area contributed by atoms with Gasteiger partial charge in [-0.25, -0.2) is 0 Å². The molecule has 0 aliphatic heterocycles. The second-order valence-electron chi connectivity index (χ2n) is 0.625. The van der Waals surface area contributed by atoms with E-state index in [2.05, 4.69) is 17.7 Å². The molecule has 0 saturated carbocycles. The summed E-state index contributed by atoms with van der Waals surface area (Å²) in [5.41, 5.74) is 0. The van der Waals surface area contributed by atoms with Crippen LogP contribution in [0.2, 0.25) is 13.1 Å². The summed E-state index contributed by atoms with van der Waals surface area (Å²) in [4.78, 5) is 0. The number of hydrogen-bond donors (Lipinski definition) is 1. The Morgan fingerprint density at radius 3 is 1.60 bits per heavy atom. The van der Waals surface area contributed by atoms with Gasteiger partial charge in [0.2, 0.25) is 0 Å². The van der Waals surface area contributed by atoms with Gasteiger partial charge in [0.1, 0.15) is 19.4 Å². The fourth-order valence-corrected chi connectivity index (χ4v) is 1.12. The molecule has 0 aromatic carbocycles. The first-order valence-electron chi connectivity index (χ1n) is 1.50. The number of hydrogen-bond acceptors (Lipinski definition) is 1. The van der Waals surface area contributed by atoms with Crippen molar-refractivity contribution in [2.75, 3.05) is 0 Å². The highest BCUT2D eigenvalue weighted by molar-refractivity contribution is 6.48. The molecule has 0 aromatic rings. The standard InChI is InChI=1S/C2H7NSi2/c1-4-3-5-2/h3H,1-2H3. The van der Waals surface area contributed by atoms with Crippen LogP contribution in [0.15, 0.2) is 0 Å². The highest BCUT2D eigenvalue weighted by Crippen LogP contribution is 1.41. The average molecular weight is 101 g/mol. The van der Waals surface area contributed by atoms with Crippen LogP contribution >= 0.6 is 0 Å². The zero-order valence-corrected chi connectivity index (χ0v) is 5.50. The third kappa shape index (κ3) is 4.39. The minimum Gasteiger partial charge on any atom is -0.364 e. The van der Waals surface area contributed by atoms with Crippen molar-refractivity contribution < 1.29 is 0 Å². The van der Waals surface area contributed by atoms with Crippen LogP contribution in [0.1, 0.15) is 0 Å². The molecule has 0 unspecified atom stereocenters. The van der Waals surface area contributed by atoms with Crippen molar-refractivity contribution in [2.45, 2.75) is 13.1 Å². The third-order valence-electron chi connectivity index (χ3n) is 0.250. The molecule has 3 heteroatoms. The van der Waals surface area contributed by atoms with Crippen LogP contribution in [0.25, 0.3) is 0 Å². The molecule has 0 heterocycles. The Hall–Kier alpha value is 0.394. The predicted molar refractivity (Wildman–Crippen MR) is 26.4 cm³/mol. The van der Waals surface area contributed by atoms with Gasteiger partial charge in [-0.05, 0) is 0 Å². The monoisotopic (exact) mass is 101 g/mol. The van der Waals surface area contributed by atoms with Gasteiger partial charge in [0, 0.05) is 0 Å². The lowest BCUT2D eigenvalue weighted by Crippen LogP contribution is -2.17. The second-order valence-corrected chi connectivity index (χ2v) is 2.62. The van der Waals surface area contributed by atoms with Crippen LogP contribution in [0.3, 0.4) is 0 Å². The van der Waals surface area contributed by atoms with Gasteiger partial charge in [-0.15, -0.1) is 0 Å². The maximum atomic E-state index is 3.17. The lowest BCUT2D eigenvalue weighted by molar-refractivity contribution is 1.57. The first kappa shape index (κ1) is 5.39. The van der Waals surface area contributed by atoms with E-state index in [0.717, 1.165) is 19.4 Å². The van der Waals surface area contributed by atoms with Crippen molar-refractivity contribution in [3.8, 4) is 0 Å². The highest BCUT2D eigenvalue weighted by atomic mass is 28.3. The molecular formula is C2H7NSi2. The summed E-state index contributed by atoms with van der Waals surface area (Å²) in [6.45, 7) is 4.27. The molecule has 0 rings (SSSR count). The Labute approximate surface area is 38.0 Å². The SMILES string of the molecule is C[Si]N[Si]C. The summed E-state index contributed by atoms with van der Waals surface area (Å²) in [5, 5.41) is 0. The molecule has 4 radical (unpaired) electrons. The normalized spacial score (nSPS) is 8.40. The van der Waals surface area contributed by atoms with Crippen molar-refractivity contribution in [1.29, 1.82) is 0 Å². The van der Waals surface area contributed by atoms with Crippen LogP contribution in [0.4, 0.5) is 0 Å². The summed E-state index contributed by atoms with van der Waals surface area (Å²) in [6.07, 6.45) is 0. The van der Waals surface area contributed by atoms with Gasteiger partial charge in [0.15, 0.2) is 0 Å². The fraction of sp³-hybridized carbons (Fsp3) is 1.00. The highest BCUT2D eigenvalue weighted by Gasteiger charge is 1.68. The summed E-state index contributed by atoms with van der Waals surface area (Å²) >= 11 is 0. The van der Waals surface area contributed by atoms with E-state index in [1.54, 1.807) is 0 Å². The number of rotatable bonds is 2. The van der Waals surface area contributed by atoms with E-state index in [0.29, 0.717) is 0 Å². The second kappa shape index (κ2) is 4.39. The molecular weight excluding hydrogens is 94.2 g/mol. The molecule has 0 bridgehead atoms. The van der Waals surface area contributed by atoms with Gasteiger partial charge in [0.25, 0.3) is 0 Å². The largest absolute Gasteiger partial charge is 0.364 e. The predicted octanol–water partition coefficient (Wildman–Crippen LogP) is -0.0894. The molecule has 1 nitrogen and oxygen atoms in total. The third-order valence-corrected chi connectivity index (χ3v) is 2.25. The van der Waals surface area contributed by atoms with Crippen LogP contribution in [0, 0.1) is 0 Å². The molecule has 5 heavy (non-hydrogen) atoms. The fourth-order valence-electron chi connectivity index (χ4n) is 0.125. The Balaban J connectivity index is 2.19. The molecule has 0 fully saturated rings. The van der Waals surface area contributed by atoms with Crippen molar-refractivity contribution in [1.82, 2.24) is 4.65 Å². The van der Waals surface area contributed by atoms with Crippen molar-refractivity contribution in [3.63, 3.8) is 0 Å². The van der Waals surface area contributed by atoms with E-state index in [1.165, 1.54) is 0 Å². The molecule has 0 aliphatic rings. The zero-order chi connectivity index (χ0) is 4.12. The van der Waals surface area contributed by atoms with Crippen molar-refractivity contribution in [3.05, 3.63) is 0 Å². The Bertz CT molecular complexity index is 15.1. The Morgan fingerprint density at radius 2 is 1.60 bits per heavy atom. The number of nitrogens with one attached hydrogen (secondary N) is 1. The topological polar surface area (TPSA) is 12.0 Å². The van der Waals surface area contributed by atoms with E-state index in [1.807, 2.05) is 0 Å². The smallest absolute Gasteiger partial charge is 0.127 e. The van der Waals surface area contributed by atoms with Gasteiger partial charge in [-0.1, -0.05) is 13.1 Å². The first-order valence-corrected chi connectivity index (χ1v) is 4.50. The summed E-state index contributed by atoms with van der Waals surface area (Å²) < 4.78 is 3.17. The van der Waals surface area contributed by atoms with E-state index in [9.17, 15) is 0 Å². The minimum absolute atomic E-state index is 0.920.